The summed E-state index contributed by atoms with van der Waals surface area (Å²) in [6.45, 7) is 6.37. The molecular weight excluding hydrogens is 423 g/mol. The first-order chi connectivity index (χ1) is 14.1. The Bertz CT molecular complexity index is 825. The number of rotatable bonds is 9. The number of hydrogen-bond acceptors (Lipinski definition) is 3. The molecular formula is C23H30Cl2N2O3. The van der Waals surface area contributed by atoms with Crippen LogP contribution in [0, 0.1) is 0 Å². The smallest absolute Gasteiger partial charge is 0.408 e. The van der Waals surface area contributed by atoms with Gasteiger partial charge in [0.15, 0.2) is 0 Å². The van der Waals surface area contributed by atoms with Crippen molar-refractivity contribution < 1.29 is 15.0 Å². The monoisotopic (exact) mass is 452 g/mol. The summed E-state index contributed by atoms with van der Waals surface area (Å²) >= 11 is 12.1. The summed E-state index contributed by atoms with van der Waals surface area (Å²) in [5.41, 5.74) is 1.29. The van der Waals surface area contributed by atoms with Crippen LogP contribution in [0.5, 0.6) is 0 Å². The molecule has 0 fully saturated rings. The van der Waals surface area contributed by atoms with E-state index in [1.54, 1.807) is 12.1 Å². The van der Waals surface area contributed by atoms with E-state index in [2.05, 4.69) is 5.32 Å². The van der Waals surface area contributed by atoms with Crippen molar-refractivity contribution in [3.05, 3.63) is 69.7 Å². The lowest BCUT2D eigenvalue weighted by molar-refractivity contribution is 0.00792. The number of carbonyl (C=O) groups is 1. The SMILES string of the molecule is CC(C)(C)N(C(=O)O)[C@@H](Cc1ccccc1)[C@H](O)CNCCc1ccc(Cl)cc1Cl. The third-order valence-corrected chi connectivity index (χ3v) is 5.52. The summed E-state index contributed by atoms with van der Waals surface area (Å²) < 4.78 is 0. The van der Waals surface area contributed by atoms with Gasteiger partial charge in [0, 0.05) is 22.1 Å². The van der Waals surface area contributed by atoms with Gasteiger partial charge in [-0.05, 0) is 63.4 Å². The maximum absolute atomic E-state index is 12.0. The predicted molar refractivity (Wildman–Crippen MR) is 123 cm³/mol. The van der Waals surface area contributed by atoms with Gasteiger partial charge in [0.05, 0.1) is 12.1 Å². The Kier molecular flexibility index (Phi) is 8.98. The second kappa shape index (κ2) is 11.0. The lowest BCUT2D eigenvalue weighted by atomic mass is 9.94. The molecule has 0 aliphatic heterocycles. The topological polar surface area (TPSA) is 72.8 Å². The van der Waals surface area contributed by atoms with Gasteiger partial charge in [-0.1, -0.05) is 59.6 Å². The van der Waals surface area contributed by atoms with Crippen molar-refractivity contribution in [1.82, 2.24) is 10.2 Å². The van der Waals surface area contributed by atoms with E-state index in [1.807, 2.05) is 57.2 Å². The Balaban J connectivity index is 2.06. The van der Waals surface area contributed by atoms with Crippen LogP contribution in [-0.4, -0.2) is 52.0 Å². The van der Waals surface area contributed by atoms with Gasteiger partial charge in [0.2, 0.25) is 0 Å². The van der Waals surface area contributed by atoms with E-state index in [9.17, 15) is 15.0 Å². The fourth-order valence-corrected chi connectivity index (χ4v) is 4.02. The van der Waals surface area contributed by atoms with Crippen molar-refractivity contribution in [1.29, 1.82) is 0 Å². The molecule has 2 atom stereocenters. The number of carboxylic acid groups (broad SMARTS) is 1. The van der Waals surface area contributed by atoms with Crippen LogP contribution < -0.4 is 5.32 Å². The highest BCUT2D eigenvalue weighted by Crippen LogP contribution is 2.23. The molecule has 0 heterocycles. The van der Waals surface area contributed by atoms with E-state index in [-0.39, 0.29) is 6.54 Å². The second-order valence-corrected chi connectivity index (χ2v) is 9.18. The molecule has 0 aromatic heterocycles. The third kappa shape index (κ3) is 7.17. The highest BCUT2D eigenvalue weighted by atomic mass is 35.5. The fourth-order valence-electron chi connectivity index (χ4n) is 3.51. The molecule has 5 nitrogen and oxygen atoms in total. The van der Waals surface area contributed by atoms with Gasteiger partial charge in [-0.2, -0.15) is 0 Å². The molecule has 0 spiro atoms. The van der Waals surface area contributed by atoms with Crippen molar-refractivity contribution in [3.63, 3.8) is 0 Å². The van der Waals surface area contributed by atoms with Crippen LogP contribution in [0.25, 0.3) is 0 Å². The first-order valence-electron chi connectivity index (χ1n) is 9.98. The number of aliphatic hydroxyl groups is 1. The fraction of sp³-hybridized carbons (Fsp3) is 0.435. The van der Waals surface area contributed by atoms with Gasteiger partial charge in [0.25, 0.3) is 0 Å². The molecule has 2 rings (SSSR count). The molecule has 0 saturated heterocycles. The summed E-state index contributed by atoms with van der Waals surface area (Å²) in [5.74, 6) is 0. The highest BCUT2D eigenvalue weighted by molar-refractivity contribution is 6.35. The maximum atomic E-state index is 12.0. The minimum absolute atomic E-state index is 0.266. The minimum Gasteiger partial charge on any atom is -0.465 e. The number of benzene rings is 2. The van der Waals surface area contributed by atoms with Crippen molar-refractivity contribution in [2.45, 2.75) is 51.3 Å². The molecule has 1 amide bonds. The van der Waals surface area contributed by atoms with Crippen molar-refractivity contribution in [2.24, 2.45) is 0 Å². The van der Waals surface area contributed by atoms with Crippen LogP contribution in [0.1, 0.15) is 31.9 Å². The van der Waals surface area contributed by atoms with Crippen LogP contribution in [0.3, 0.4) is 0 Å². The summed E-state index contributed by atoms with van der Waals surface area (Å²) in [4.78, 5) is 13.4. The molecule has 0 radical (unpaired) electrons. The first kappa shape index (κ1) is 24.5. The Morgan fingerprint density at radius 2 is 1.80 bits per heavy atom. The van der Waals surface area contributed by atoms with Crippen LogP contribution in [0.4, 0.5) is 4.79 Å². The van der Waals surface area contributed by atoms with Crippen LogP contribution in [-0.2, 0) is 12.8 Å². The minimum atomic E-state index is -1.05. The standard InChI is InChI=1S/C23H30Cl2N2O3/c1-23(2,3)27(22(29)30)20(13-16-7-5-4-6-8-16)21(28)15-26-12-11-17-9-10-18(24)14-19(17)25/h4-10,14,20-21,26,28H,11-13,15H2,1-3H3,(H,29,30)/t20-,21+/m0/s1. The van der Waals surface area contributed by atoms with Gasteiger partial charge in [0.1, 0.15) is 0 Å². The van der Waals surface area contributed by atoms with Crippen molar-refractivity contribution in [3.8, 4) is 0 Å². The van der Waals surface area contributed by atoms with Crippen molar-refractivity contribution in [2.75, 3.05) is 13.1 Å². The molecule has 2 aromatic carbocycles. The first-order valence-corrected chi connectivity index (χ1v) is 10.7. The zero-order chi connectivity index (χ0) is 22.3. The lowest BCUT2D eigenvalue weighted by Crippen LogP contribution is -2.58. The molecule has 0 bridgehead atoms. The molecule has 3 N–H and O–H groups in total. The third-order valence-electron chi connectivity index (χ3n) is 4.93. The number of nitrogens with zero attached hydrogens (tertiary/aromatic N) is 1. The number of nitrogens with one attached hydrogen (secondary N) is 1. The van der Waals surface area contributed by atoms with E-state index in [1.165, 1.54) is 4.90 Å². The van der Waals surface area contributed by atoms with Crippen LogP contribution in [0.2, 0.25) is 10.0 Å². The normalized spacial score (nSPS) is 13.7. The van der Waals surface area contributed by atoms with Gasteiger partial charge in [-0.25, -0.2) is 4.79 Å². The summed E-state index contributed by atoms with van der Waals surface area (Å²) in [5, 5.41) is 25.2. The maximum Gasteiger partial charge on any atom is 0.408 e. The van der Waals surface area contributed by atoms with E-state index >= 15 is 0 Å². The molecule has 2 aromatic rings. The Labute approximate surface area is 188 Å². The summed E-state index contributed by atoms with van der Waals surface area (Å²) in [7, 11) is 0. The highest BCUT2D eigenvalue weighted by Gasteiger charge is 2.37. The van der Waals surface area contributed by atoms with Gasteiger partial charge >= 0.3 is 6.09 Å². The number of halogens is 2. The summed E-state index contributed by atoms with van der Waals surface area (Å²) in [6.07, 6.45) is -0.818. The van der Waals surface area contributed by atoms with E-state index in [0.29, 0.717) is 29.4 Å². The van der Waals surface area contributed by atoms with E-state index in [4.69, 9.17) is 23.2 Å². The molecule has 30 heavy (non-hydrogen) atoms. The Morgan fingerprint density at radius 1 is 1.13 bits per heavy atom. The Morgan fingerprint density at radius 3 is 2.37 bits per heavy atom. The van der Waals surface area contributed by atoms with Crippen molar-refractivity contribution >= 4 is 29.3 Å². The zero-order valence-electron chi connectivity index (χ0n) is 17.6. The lowest BCUT2D eigenvalue weighted by Gasteiger charge is -2.42. The molecule has 7 heteroatoms. The molecule has 164 valence electrons. The van der Waals surface area contributed by atoms with E-state index < -0.39 is 23.8 Å². The predicted octanol–water partition coefficient (Wildman–Crippen LogP) is 4.88. The largest absolute Gasteiger partial charge is 0.465 e. The Hall–Kier alpha value is -1.79. The zero-order valence-corrected chi connectivity index (χ0v) is 19.1. The quantitative estimate of drug-likeness (QED) is 0.474. The van der Waals surface area contributed by atoms with Crippen LogP contribution >= 0.6 is 23.2 Å². The number of amides is 1. The van der Waals surface area contributed by atoms with Gasteiger partial charge in [-0.3, -0.25) is 4.90 Å². The molecule has 0 aliphatic rings. The molecule has 0 saturated carbocycles. The number of aliphatic hydroxyl groups excluding tert-OH is 1. The van der Waals surface area contributed by atoms with Gasteiger partial charge in [-0.15, -0.1) is 0 Å². The number of hydrogen-bond donors (Lipinski definition) is 3. The summed E-state index contributed by atoms with van der Waals surface area (Å²) in [6, 6.07) is 14.4. The average Bonchev–Trinajstić information content (AvgIpc) is 2.65. The van der Waals surface area contributed by atoms with Crippen LogP contribution in [0.15, 0.2) is 48.5 Å². The average molecular weight is 453 g/mol. The van der Waals surface area contributed by atoms with Gasteiger partial charge < -0.3 is 15.5 Å². The molecule has 0 unspecified atom stereocenters. The molecule has 0 aliphatic carbocycles. The van der Waals surface area contributed by atoms with E-state index in [0.717, 1.165) is 11.1 Å². The second-order valence-electron chi connectivity index (χ2n) is 8.34.